The number of rotatable bonds is 4. The fourth-order valence-electron chi connectivity index (χ4n) is 1.27. The minimum absolute atomic E-state index is 0.0355. The van der Waals surface area contributed by atoms with E-state index in [0.29, 0.717) is 11.1 Å². The number of nitrogens with two attached hydrogens (primary N) is 2. The maximum atomic E-state index is 11.1. The number of carbonyl (C=O) groups excluding carboxylic acids is 1. The van der Waals surface area contributed by atoms with Crippen LogP contribution in [0, 0.1) is 0 Å². The van der Waals surface area contributed by atoms with Gasteiger partial charge in [0.1, 0.15) is 6.10 Å². The Bertz CT molecular complexity index is 353. The van der Waals surface area contributed by atoms with Gasteiger partial charge >= 0.3 is 0 Å². The van der Waals surface area contributed by atoms with E-state index in [1.54, 1.807) is 0 Å². The minimum atomic E-state index is -1.06. The number of carbonyl (C=O) groups is 1. The van der Waals surface area contributed by atoms with Crippen LogP contribution in [-0.2, 0) is 0 Å². The SMILES string of the molecule is NCC(O)C(O)c1ccc(C(=O)NN)cc1. The Labute approximate surface area is 92.8 Å². The molecule has 0 heterocycles. The van der Waals surface area contributed by atoms with Crippen molar-refractivity contribution in [2.75, 3.05) is 6.54 Å². The van der Waals surface area contributed by atoms with Gasteiger partial charge in [0.25, 0.3) is 5.91 Å². The third-order valence-electron chi connectivity index (χ3n) is 2.25. The second kappa shape index (κ2) is 5.57. The van der Waals surface area contributed by atoms with Gasteiger partial charge < -0.3 is 15.9 Å². The number of benzene rings is 1. The molecule has 0 spiro atoms. The number of hydrogen-bond acceptors (Lipinski definition) is 5. The van der Waals surface area contributed by atoms with Gasteiger partial charge in [0.05, 0.1) is 6.10 Å². The van der Waals surface area contributed by atoms with Crippen molar-refractivity contribution in [2.45, 2.75) is 12.2 Å². The summed E-state index contributed by atoms with van der Waals surface area (Å²) in [5.41, 5.74) is 8.08. The molecule has 2 atom stereocenters. The second-order valence-corrected chi connectivity index (χ2v) is 3.34. The zero-order valence-electron chi connectivity index (χ0n) is 8.63. The summed E-state index contributed by atoms with van der Waals surface area (Å²) < 4.78 is 0. The summed E-state index contributed by atoms with van der Waals surface area (Å²) in [7, 11) is 0. The van der Waals surface area contributed by atoms with E-state index in [4.69, 9.17) is 11.6 Å². The van der Waals surface area contributed by atoms with Gasteiger partial charge in [0.2, 0.25) is 0 Å². The Kier molecular flexibility index (Phi) is 4.39. The summed E-state index contributed by atoms with van der Waals surface area (Å²) in [5, 5.41) is 19.0. The van der Waals surface area contributed by atoms with E-state index < -0.39 is 18.1 Å². The first kappa shape index (κ1) is 12.6. The molecular formula is C10H15N3O3. The van der Waals surface area contributed by atoms with Crippen molar-refractivity contribution in [3.63, 3.8) is 0 Å². The molecule has 1 amide bonds. The van der Waals surface area contributed by atoms with E-state index in [0.717, 1.165) is 0 Å². The summed E-state index contributed by atoms with van der Waals surface area (Å²) in [6.45, 7) is -0.0355. The minimum Gasteiger partial charge on any atom is -0.389 e. The fraction of sp³-hybridized carbons (Fsp3) is 0.300. The van der Waals surface area contributed by atoms with E-state index in [1.807, 2.05) is 5.43 Å². The van der Waals surface area contributed by atoms with E-state index in [-0.39, 0.29) is 6.54 Å². The van der Waals surface area contributed by atoms with Crippen LogP contribution < -0.4 is 17.0 Å². The molecule has 0 bridgehead atoms. The van der Waals surface area contributed by atoms with Gasteiger partial charge in [0.15, 0.2) is 0 Å². The van der Waals surface area contributed by atoms with Crippen molar-refractivity contribution in [3.05, 3.63) is 35.4 Å². The normalized spacial score (nSPS) is 14.2. The van der Waals surface area contributed by atoms with Crippen molar-refractivity contribution >= 4 is 5.91 Å². The highest BCUT2D eigenvalue weighted by Crippen LogP contribution is 2.16. The van der Waals surface area contributed by atoms with Crippen LogP contribution >= 0.6 is 0 Å². The van der Waals surface area contributed by atoms with Crippen LogP contribution in [0.1, 0.15) is 22.0 Å². The van der Waals surface area contributed by atoms with Gasteiger partial charge in [0, 0.05) is 12.1 Å². The highest BCUT2D eigenvalue weighted by atomic mass is 16.3. The molecule has 6 heteroatoms. The summed E-state index contributed by atoms with van der Waals surface area (Å²) in [5.74, 6) is 4.55. The third-order valence-corrected chi connectivity index (χ3v) is 2.25. The van der Waals surface area contributed by atoms with Crippen molar-refractivity contribution in [2.24, 2.45) is 11.6 Å². The summed E-state index contributed by atoms with van der Waals surface area (Å²) in [4.78, 5) is 11.1. The zero-order chi connectivity index (χ0) is 12.1. The molecule has 0 saturated carbocycles. The average molecular weight is 225 g/mol. The van der Waals surface area contributed by atoms with E-state index >= 15 is 0 Å². The van der Waals surface area contributed by atoms with Crippen LogP contribution in [0.25, 0.3) is 0 Å². The largest absolute Gasteiger partial charge is 0.389 e. The molecule has 0 aliphatic rings. The van der Waals surface area contributed by atoms with E-state index in [9.17, 15) is 15.0 Å². The monoisotopic (exact) mass is 225 g/mol. The lowest BCUT2D eigenvalue weighted by atomic mass is 10.0. The molecule has 1 rings (SSSR count). The number of amides is 1. The third kappa shape index (κ3) is 2.77. The molecule has 1 aromatic carbocycles. The number of aliphatic hydroxyl groups is 2. The second-order valence-electron chi connectivity index (χ2n) is 3.34. The number of hydrogen-bond donors (Lipinski definition) is 5. The first-order chi connectivity index (χ1) is 7.60. The Morgan fingerprint density at radius 1 is 1.31 bits per heavy atom. The first-order valence-electron chi connectivity index (χ1n) is 4.77. The van der Waals surface area contributed by atoms with Crippen LogP contribution in [-0.4, -0.2) is 28.8 Å². The molecule has 0 fully saturated rings. The standard InChI is InChI=1S/C10H15N3O3/c11-5-8(14)9(15)6-1-3-7(4-2-6)10(16)13-12/h1-4,8-9,14-15H,5,11-12H2,(H,13,16). The van der Waals surface area contributed by atoms with Crippen LogP contribution in [0.15, 0.2) is 24.3 Å². The Hall–Kier alpha value is -1.47. The number of nitrogen functional groups attached to an aromatic ring is 1. The highest BCUT2D eigenvalue weighted by Gasteiger charge is 2.16. The van der Waals surface area contributed by atoms with Crippen molar-refractivity contribution in [1.82, 2.24) is 5.43 Å². The van der Waals surface area contributed by atoms with Crippen LogP contribution in [0.4, 0.5) is 0 Å². The van der Waals surface area contributed by atoms with Gasteiger partial charge in [-0.25, -0.2) is 5.84 Å². The molecule has 16 heavy (non-hydrogen) atoms. The maximum absolute atomic E-state index is 11.1. The predicted molar refractivity (Wildman–Crippen MR) is 58.1 cm³/mol. The van der Waals surface area contributed by atoms with Gasteiger partial charge in [-0.1, -0.05) is 12.1 Å². The Balaban J connectivity index is 2.82. The molecule has 0 saturated heterocycles. The number of nitrogens with one attached hydrogen (secondary N) is 1. The van der Waals surface area contributed by atoms with Gasteiger partial charge in [-0.05, 0) is 17.7 Å². The quantitative estimate of drug-likeness (QED) is 0.246. The molecule has 6 nitrogen and oxygen atoms in total. The lowest BCUT2D eigenvalue weighted by molar-refractivity contribution is 0.0243. The van der Waals surface area contributed by atoms with Crippen LogP contribution in [0.2, 0.25) is 0 Å². The first-order valence-corrected chi connectivity index (χ1v) is 4.77. The number of aliphatic hydroxyl groups excluding tert-OH is 2. The Morgan fingerprint density at radius 3 is 2.31 bits per heavy atom. The van der Waals surface area contributed by atoms with Crippen molar-refractivity contribution in [1.29, 1.82) is 0 Å². The smallest absolute Gasteiger partial charge is 0.265 e. The molecule has 1 aromatic rings. The molecule has 0 aromatic heterocycles. The molecule has 0 radical (unpaired) electrons. The lowest BCUT2D eigenvalue weighted by Gasteiger charge is -2.16. The van der Waals surface area contributed by atoms with Crippen molar-refractivity contribution in [3.8, 4) is 0 Å². The number of hydrazine groups is 1. The molecular weight excluding hydrogens is 210 g/mol. The van der Waals surface area contributed by atoms with Crippen LogP contribution in [0.3, 0.4) is 0 Å². The summed E-state index contributed by atoms with van der Waals surface area (Å²) >= 11 is 0. The maximum Gasteiger partial charge on any atom is 0.265 e. The predicted octanol–water partition coefficient (Wildman–Crippen LogP) is -1.36. The highest BCUT2D eigenvalue weighted by molar-refractivity contribution is 5.93. The Morgan fingerprint density at radius 2 is 1.88 bits per heavy atom. The van der Waals surface area contributed by atoms with Crippen LogP contribution in [0.5, 0.6) is 0 Å². The van der Waals surface area contributed by atoms with E-state index in [1.165, 1.54) is 24.3 Å². The molecule has 2 unspecified atom stereocenters. The lowest BCUT2D eigenvalue weighted by Crippen LogP contribution is -2.30. The van der Waals surface area contributed by atoms with E-state index in [2.05, 4.69) is 0 Å². The fourth-order valence-corrected chi connectivity index (χ4v) is 1.27. The van der Waals surface area contributed by atoms with Gasteiger partial charge in [-0.2, -0.15) is 0 Å². The zero-order valence-corrected chi connectivity index (χ0v) is 8.63. The summed E-state index contributed by atoms with van der Waals surface area (Å²) in [6.07, 6.45) is -2.07. The average Bonchev–Trinajstić information content (AvgIpc) is 2.36. The van der Waals surface area contributed by atoms with Crippen molar-refractivity contribution < 1.29 is 15.0 Å². The summed E-state index contributed by atoms with van der Waals surface area (Å²) in [6, 6.07) is 6.08. The topological polar surface area (TPSA) is 122 Å². The van der Waals surface area contributed by atoms with Gasteiger partial charge in [-0.15, -0.1) is 0 Å². The molecule has 0 aliphatic heterocycles. The molecule has 88 valence electrons. The molecule has 0 aliphatic carbocycles. The molecule has 7 N–H and O–H groups in total. The van der Waals surface area contributed by atoms with Gasteiger partial charge in [-0.3, -0.25) is 10.2 Å².